The summed E-state index contributed by atoms with van der Waals surface area (Å²) in [6.07, 6.45) is -0.980. The van der Waals surface area contributed by atoms with E-state index in [9.17, 15) is 13.2 Å². The van der Waals surface area contributed by atoms with Gasteiger partial charge in [0.15, 0.2) is 12.6 Å². The SMILES string of the molecule is CCCCNC(N)=NCc1ccnc(OCC(F)(F)F)c1. The Morgan fingerprint density at radius 1 is 1.48 bits per heavy atom. The van der Waals surface area contributed by atoms with Crippen molar-refractivity contribution >= 4 is 5.96 Å². The lowest BCUT2D eigenvalue weighted by Gasteiger charge is -2.09. The third-order valence-corrected chi connectivity index (χ3v) is 2.45. The highest BCUT2D eigenvalue weighted by atomic mass is 19.4. The van der Waals surface area contributed by atoms with Crippen LogP contribution in [0.25, 0.3) is 0 Å². The number of nitrogens with two attached hydrogens (primary N) is 1. The molecule has 1 heterocycles. The van der Waals surface area contributed by atoms with Gasteiger partial charge in [0.05, 0.1) is 6.54 Å². The van der Waals surface area contributed by atoms with Gasteiger partial charge in [-0.15, -0.1) is 0 Å². The summed E-state index contributed by atoms with van der Waals surface area (Å²) >= 11 is 0. The Kier molecular flexibility index (Phi) is 6.77. The normalized spacial score (nSPS) is 12.3. The summed E-state index contributed by atoms with van der Waals surface area (Å²) in [6.45, 7) is 1.68. The molecular formula is C13H19F3N4O. The van der Waals surface area contributed by atoms with Gasteiger partial charge < -0.3 is 15.8 Å². The zero-order valence-corrected chi connectivity index (χ0v) is 11.8. The average Bonchev–Trinajstić information content (AvgIpc) is 2.43. The van der Waals surface area contributed by atoms with E-state index in [1.807, 2.05) is 0 Å². The fraction of sp³-hybridized carbons (Fsp3) is 0.538. The molecule has 0 aliphatic heterocycles. The van der Waals surface area contributed by atoms with Gasteiger partial charge in [-0.1, -0.05) is 13.3 Å². The zero-order chi connectivity index (χ0) is 15.7. The molecule has 0 aliphatic rings. The van der Waals surface area contributed by atoms with Crippen LogP contribution in [-0.2, 0) is 6.54 Å². The molecule has 1 aromatic rings. The first-order valence-corrected chi connectivity index (χ1v) is 6.59. The van der Waals surface area contributed by atoms with Gasteiger partial charge in [-0.05, 0) is 18.1 Å². The molecule has 0 aliphatic carbocycles. The van der Waals surface area contributed by atoms with Crippen molar-refractivity contribution in [2.24, 2.45) is 10.7 Å². The average molecular weight is 304 g/mol. The Labute approximate surface area is 121 Å². The molecule has 5 nitrogen and oxygen atoms in total. The van der Waals surface area contributed by atoms with E-state index in [0.717, 1.165) is 19.4 Å². The van der Waals surface area contributed by atoms with Crippen LogP contribution >= 0.6 is 0 Å². The summed E-state index contributed by atoms with van der Waals surface area (Å²) < 4.78 is 40.7. The van der Waals surface area contributed by atoms with E-state index in [1.54, 1.807) is 6.07 Å². The van der Waals surface area contributed by atoms with Crippen LogP contribution in [0.3, 0.4) is 0 Å². The highest BCUT2D eigenvalue weighted by Crippen LogP contribution is 2.17. The van der Waals surface area contributed by atoms with Crippen LogP contribution in [0.2, 0.25) is 0 Å². The molecule has 21 heavy (non-hydrogen) atoms. The number of guanidine groups is 1. The summed E-state index contributed by atoms with van der Waals surface area (Å²) in [5.41, 5.74) is 6.33. The van der Waals surface area contributed by atoms with Gasteiger partial charge in [0.2, 0.25) is 5.88 Å². The van der Waals surface area contributed by atoms with E-state index in [0.29, 0.717) is 11.5 Å². The first-order chi connectivity index (χ1) is 9.90. The van der Waals surface area contributed by atoms with Crippen LogP contribution in [0.1, 0.15) is 25.3 Å². The molecule has 0 aromatic carbocycles. The van der Waals surface area contributed by atoms with Crippen molar-refractivity contribution in [3.8, 4) is 5.88 Å². The fourth-order valence-corrected chi connectivity index (χ4v) is 1.41. The molecule has 0 atom stereocenters. The second-order valence-corrected chi connectivity index (χ2v) is 4.39. The smallest absolute Gasteiger partial charge is 0.422 e. The molecule has 8 heteroatoms. The van der Waals surface area contributed by atoms with Gasteiger partial charge in [-0.3, -0.25) is 0 Å². The Morgan fingerprint density at radius 2 is 2.24 bits per heavy atom. The summed E-state index contributed by atoms with van der Waals surface area (Å²) in [7, 11) is 0. The van der Waals surface area contributed by atoms with Crippen LogP contribution < -0.4 is 15.8 Å². The number of nitrogens with one attached hydrogen (secondary N) is 1. The predicted octanol–water partition coefficient (Wildman–Crippen LogP) is 2.23. The molecule has 118 valence electrons. The van der Waals surface area contributed by atoms with Crippen LogP contribution in [-0.4, -0.2) is 30.3 Å². The zero-order valence-electron chi connectivity index (χ0n) is 11.8. The quantitative estimate of drug-likeness (QED) is 0.460. The molecule has 0 saturated carbocycles. The Bertz CT molecular complexity index is 463. The molecule has 0 spiro atoms. The minimum Gasteiger partial charge on any atom is -0.468 e. The number of rotatable bonds is 7. The maximum absolute atomic E-state index is 12.0. The number of aliphatic imine (C=N–C) groups is 1. The van der Waals surface area contributed by atoms with Gasteiger partial charge >= 0.3 is 6.18 Å². The van der Waals surface area contributed by atoms with Crippen molar-refractivity contribution < 1.29 is 17.9 Å². The minimum absolute atomic E-state index is 0.0856. The van der Waals surface area contributed by atoms with E-state index in [1.165, 1.54) is 12.3 Å². The van der Waals surface area contributed by atoms with Gasteiger partial charge in [0.25, 0.3) is 0 Å². The number of aromatic nitrogens is 1. The van der Waals surface area contributed by atoms with Crippen LogP contribution in [0.4, 0.5) is 13.2 Å². The monoisotopic (exact) mass is 304 g/mol. The number of halogens is 3. The predicted molar refractivity (Wildman–Crippen MR) is 74.0 cm³/mol. The number of nitrogens with zero attached hydrogens (tertiary/aromatic N) is 2. The van der Waals surface area contributed by atoms with E-state index >= 15 is 0 Å². The summed E-state index contributed by atoms with van der Waals surface area (Å²) in [5, 5.41) is 2.95. The highest BCUT2D eigenvalue weighted by Gasteiger charge is 2.28. The molecule has 0 fully saturated rings. The first kappa shape index (κ1) is 17.1. The Morgan fingerprint density at radius 3 is 2.90 bits per heavy atom. The number of alkyl halides is 3. The minimum atomic E-state index is -4.39. The highest BCUT2D eigenvalue weighted by molar-refractivity contribution is 5.77. The summed E-state index contributed by atoms with van der Waals surface area (Å²) in [6, 6.07) is 3.05. The van der Waals surface area contributed by atoms with Gasteiger partial charge in [0.1, 0.15) is 0 Å². The second kappa shape index (κ2) is 8.33. The molecule has 0 radical (unpaired) electrons. The maximum Gasteiger partial charge on any atom is 0.422 e. The van der Waals surface area contributed by atoms with E-state index < -0.39 is 12.8 Å². The van der Waals surface area contributed by atoms with Crippen LogP contribution in [0.15, 0.2) is 23.3 Å². The molecule has 0 unspecified atom stereocenters. The second-order valence-electron chi connectivity index (χ2n) is 4.39. The van der Waals surface area contributed by atoms with Crippen LogP contribution in [0.5, 0.6) is 5.88 Å². The lowest BCUT2D eigenvalue weighted by molar-refractivity contribution is -0.154. The first-order valence-electron chi connectivity index (χ1n) is 6.59. The van der Waals surface area contributed by atoms with Crippen molar-refractivity contribution in [1.29, 1.82) is 0 Å². The lowest BCUT2D eigenvalue weighted by Crippen LogP contribution is -2.32. The lowest BCUT2D eigenvalue weighted by atomic mass is 10.3. The largest absolute Gasteiger partial charge is 0.468 e. The Hall–Kier alpha value is -1.99. The van der Waals surface area contributed by atoms with E-state index in [2.05, 4.69) is 27.0 Å². The van der Waals surface area contributed by atoms with Crippen molar-refractivity contribution in [1.82, 2.24) is 10.3 Å². The van der Waals surface area contributed by atoms with Crippen molar-refractivity contribution in [3.05, 3.63) is 23.9 Å². The number of pyridine rings is 1. The van der Waals surface area contributed by atoms with Gasteiger partial charge in [-0.2, -0.15) is 13.2 Å². The number of hydrogen-bond donors (Lipinski definition) is 2. The van der Waals surface area contributed by atoms with Crippen molar-refractivity contribution in [2.75, 3.05) is 13.2 Å². The summed E-state index contributed by atoms with van der Waals surface area (Å²) in [4.78, 5) is 7.81. The fourth-order valence-electron chi connectivity index (χ4n) is 1.41. The van der Waals surface area contributed by atoms with E-state index in [4.69, 9.17) is 5.73 Å². The van der Waals surface area contributed by atoms with Crippen molar-refractivity contribution in [3.63, 3.8) is 0 Å². The molecule has 0 amide bonds. The molecular weight excluding hydrogens is 285 g/mol. The third-order valence-electron chi connectivity index (χ3n) is 2.45. The standard InChI is InChI=1S/C13H19F3N4O/c1-2-3-5-19-12(17)20-8-10-4-6-18-11(7-10)21-9-13(14,15)16/h4,6-7H,2-3,5,8-9H2,1H3,(H3,17,19,20). The van der Waals surface area contributed by atoms with Crippen LogP contribution in [0, 0.1) is 0 Å². The van der Waals surface area contributed by atoms with Gasteiger partial charge in [-0.25, -0.2) is 9.98 Å². The van der Waals surface area contributed by atoms with Gasteiger partial charge in [0, 0.05) is 18.8 Å². The van der Waals surface area contributed by atoms with Crippen molar-refractivity contribution in [2.45, 2.75) is 32.5 Å². The number of hydrogen-bond acceptors (Lipinski definition) is 3. The molecule has 0 bridgehead atoms. The molecule has 1 rings (SSSR count). The maximum atomic E-state index is 12.0. The number of unbranched alkanes of at least 4 members (excludes halogenated alkanes) is 1. The number of ether oxygens (including phenoxy) is 1. The molecule has 0 saturated heterocycles. The van der Waals surface area contributed by atoms with E-state index in [-0.39, 0.29) is 12.4 Å². The molecule has 3 N–H and O–H groups in total. The molecule has 1 aromatic heterocycles. The topological polar surface area (TPSA) is 72.5 Å². The summed E-state index contributed by atoms with van der Waals surface area (Å²) in [5.74, 6) is 0.218. The third kappa shape index (κ3) is 8.01. The Balaban J connectivity index is 2.50.